The number of fused-ring (bicyclic) bond motifs is 1. The maximum absolute atomic E-state index is 13.0. The summed E-state index contributed by atoms with van der Waals surface area (Å²) in [7, 11) is 1.53. The van der Waals surface area contributed by atoms with Crippen molar-refractivity contribution in [3.05, 3.63) is 69.7 Å². The summed E-state index contributed by atoms with van der Waals surface area (Å²) in [4.78, 5) is 32.8. The number of rotatable bonds is 6. The number of aliphatic hydroxyl groups excluding tert-OH is 1. The number of hydrogen-bond acceptors (Lipinski definition) is 8. The van der Waals surface area contributed by atoms with E-state index >= 15 is 0 Å². The highest BCUT2D eigenvalue weighted by molar-refractivity contribution is 5.77. The van der Waals surface area contributed by atoms with E-state index < -0.39 is 30.1 Å². The molecule has 0 bridgehead atoms. The van der Waals surface area contributed by atoms with Crippen LogP contribution in [-0.2, 0) is 12.8 Å². The molecule has 0 saturated heterocycles. The van der Waals surface area contributed by atoms with Gasteiger partial charge in [-0.25, -0.2) is 19.6 Å². The molecule has 0 aromatic carbocycles. The van der Waals surface area contributed by atoms with Crippen molar-refractivity contribution >= 4 is 11.0 Å². The predicted octanol–water partition coefficient (Wildman–Crippen LogP) is 3.09. The molecular weight excluding hydrogens is 479 g/mol. The fourth-order valence-corrected chi connectivity index (χ4v) is 4.41. The molecule has 1 fully saturated rings. The number of hydrogen-bond donors (Lipinski definition) is 2. The van der Waals surface area contributed by atoms with Gasteiger partial charge in [-0.05, 0) is 31.4 Å². The number of pyridine rings is 1. The third-order valence-electron chi connectivity index (χ3n) is 6.57. The van der Waals surface area contributed by atoms with Crippen LogP contribution in [0, 0.1) is 0 Å². The molecule has 0 amide bonds. The standard InChI is InChI=1S/C23H22F3N7O3/c1-11(12-3-6-17(27-7-12)23(24,25)26)33-21-18(16(10-34)32-33)22(35)31-20(30-21)15-5-4-14(15)19-28-8-13(36-2)9-29-19/h3,6-9,11,14-15,34H,4-5,10H2,1-2H3,(H,30,31,35)/t11-,14?,15?/m0/s1. The summed E-state index contributed by atoms with van der Waals surface area (Å²) in [5.41, 5.74) is -0.668. The van der Waals surface area contributed by atoms with Gasteiger partial charge < -0.3 is 14.8 Å². The Bertz CT molecular complexity index is 1450. The zero-order valence-corrected chi connectivity index (χ0v) is 19.3. The first-order valence-electron chi connectivity index (χ1n) is 11.2. The summed E-state index contributed by atoms with van der Waals surface area (Å²) in [6, 6.07) is 1.60. The van der Waals surface area contributed by atoms with Crippen molar-refractivity contribution in [2.45, 2.75) is 50.4 Å². The largest absolute Gasteiger partial charge is 0.494 e. The van der Waals surface area contributed by atoms with Gasteiger partial charge in [0.25, 0.3) is 5.56 Å². The monoisotopic (exact) mass is 501 g/mol. The molecule has 36 heavy (non-hydrogen) atoms. The number of H-pyrrole nitrogens is 1. The molecule has 1 aliphatic carbocycles. The third-order valence-corrected chi connectivity index (χ3v) is 6.57. The molecule has 4 heterocycles. The molecular formula is C23H22F3N7O3. The molecule has 188 valence electrons. The second kappa shape index (κ2) is 8.97. The molecule has 4 aromatic rings. The second-order valence-electron chi connectivity index (χ2n) is 8.62. The minimum atomic E-state index is -4.55. The van der Waals surface area contributed by atoms with Crippen molar-refractivity contribution in [3.63, 3.8) is 0 Å². The van der Waals surface area contributed by atoms with E-state index in [-0.39, 0.29) is 28.6 Å². The van der Waals surface area contributed by atoms with Crippen molar-refractivity contribution in [1.82, 2.24) is 34.7 Å². The van der Waals surface area contributed by atoms with Crippen LogP contribution in [-0.4, -0.2) is 46.9 Å². The average Bonchev–Trinajstić information content (AvgIpc) is 3.22. The van der Waals surface area contributed by atoms with E-state index in [0.717, 1.165) is 25.1 Å². The van der Waals surface area contributed by atoms with Crippen molar-refractivity contribution in [1.29, 1.82) is 0 Å². The van der Waals surface area contributed by atoms with Crippen LogP contribution in [0.2, 0.25) is 0 Å². The Labute approximate surface area is 202 Å². The molecule has 2 N–H and O–H groups in total. The van der Waals surface area contributed by atoms with Crippen LogP contribution < -0.4 is 10.3 Å². The molecule has 5 rings (SSSR count). The van der Waals surface area contributed by atoms with Crippen LogP contribution in [0.15, 0.2) is 35.5 Å². The number of methoxy groups -OCH3 is 1. The minimum Gasteiger partial charge on any atom is -0.494 e. The van der Waals surface area contributed by atoms with Crippen molar-refractivity contribution in [2.75, 3.05) is 7.11 Å². The number of nitrogens with one attached hydrogen (secondary N) is 1. The first-order valence-corrected chi connectivity index (χ1v) is 11.2. The van der Waals surface area contributed by atoms with E-state index in [1.54, 1.807) is 19.3 Å². The molecule has 2 unspecified atom stereocenters. The van der Waals surface area contributed by atoms with E-state index in [0.29, 0.717) is 23.0 Å². The summed E-state index contributed by atoms with van der Waals surface area (Å²) >= 11 is 0. The van der Waals surface area contributed by atoms with Crippen LogP contribution in [0.3, 0.4) is 0 Å². The number of alkyl halides is 3. The second-order valence-corrected chi connectivity index (χ2v) is 8.62. The number of ether oxygens (including phenoxy) is 1. The maximum atomic E-state index is 13.0. The van der Waals surface area contributed by atoms with Crippen molar-refractivity contribution in [3.8, 4) is 5.75 Å². The SMILES string of the molecule is COc1cnc(C2CCC2c2nc3c(c(CO)nn3[C@@H](C)c3ccc(C(F)(F)F)nc3)c(=O)[nH]2)nc1. The minimum absolute atomic E-state index is 0.0540. The fourth-order valence-electron chi connectivity index (χ4n) is 4.41. The Kier molecular flexibility index (Phi) is 5.94. The molecule has 1 saturated carbocycles. The van der Waals surface area contributed by atoms with Gasteiger partial charge in [0.15, 0.2) is 11.4 Å². The molecule has 0 aliphatic heterocycles. The van der Waals surface area contributed by atoms with E-state index in [1.165, 1.54) is 17.9 Å². The van der Waals surface area contributed by atoms with Crippen molar-refractivity contribution < 1.29 is 23.0 Å². The van der Waals surface area contributed by atoms with Crippen LogP contribution in [0.25, 0.3) is 11.0 Å². The Morgan fingerprint density at radius 3 is 2.44 bits per heavy atom. The normalized spacial score (nSPS) is 18.7. The number of nitrogens with zero attached hydrogens (tertiary/aromatic N) is 6. The maximum Gasteiger partial charge on any atom is 0.433 e. The first kappa shape index (κ1) is 23.9. The molecule has 0 spiro atoms. The topological polar surface area (TPSA) is 132 Å². The highest BCUT2D eigenvalue weighted by Gasteiger charge is 2.38. The van der Waals surface area contributed by atoms with Gasteiger partial charge in [-0.15, -0.1) is 0 Å². The summed E-state index contributed by atoms with van der Waals surface area (Å²) in [5.74, 6) is 1.39. The third kappa shape index (κ3) is 4.08. The molecule has 10 nitrogen and oxygen atoms in total. The zero-order chi connectivity index (χ0) is 25.6. The quantitative estimate of drug-likeness (QED) is 0.412. The number of aromatic amines is 1. The van der Waals surface area contributed by atoms with E-state index in [4.69, 9.17) is 9.72 Å². The lowest BCUT2D eigenvalue weighted by Gasteiger charge is -2.34. The van der Waals surface area contributed by atoms with Crippen LogP contribution >= 0.6 is 0 Å². The van der Waals surface area contributed by atoms with Gasteiger partial charge in [0, 0.05) is 18.0 Å². The summed E-state index contributed by atoms with van der Waals surface area (Å²) < 4.78 is 45.3. The highest BCUT2D eigenvalue weighted by atomic mass is 19.4. The predicted molar refractivity (Wildman–Crippen MR) is 120 cm³/mol. The molecule has 3 atom stereocenters. The van der Waals surface area contributed by atoms with Crippen molar-refractivity contribution in [2.24, 2.45) is 0 Å². The van der Waals surface area contributed by atoms with Gasteiger partial charge in [0.1, 0.15) is 28.4 Å². The van der Waals surface area contributed by atoms with E-state index in [2.05, 4.69) is 25.0 Å². The van der Waals surface area contributed by atoms with Gasteiger partial charge in [0.05, 0.1) is 32.2 Å². The van der Waals surface area contributed by atoms with Gasteiger partial charge in [-0.1, -0.05) is 6.07 Å². The lowest BCUT2D eigenvalue weighted by Crippen LogP contribution is -2.28. The Hall–Kier alpha value is -3.87. The van der Waals surface area contributed by atoms with Crippen LogP contribution in [0.5, 0.6) is 5.75 Å². The van der Waals surface area contributed by atoms with Gasteiger partial charge in [0.2, 0.25) is 0 Å². The first-order chi connectivity index (χ1) is 17.2. The summed E-state index contributed by atoms with van der Waals surface area (Å²) in [6.07, 6.45) is 1.30. The number of halogens is 3. The Morgan fingerprint density at radius 2 is 1.89 bits per heavy atom. The van der Waals surface area contributed by atoms with Gasteiger partial charge in [-0.2, -0.15) is 18.3 Å². The molecule has 0 radical (unpaired) electrons. The molecule has 1 aliphatic rings. The van der Waals surface area contributed by atoms with Crippen LogP contribution in [0.1, 0.15) is 66.2 Å². The van der Waals surface area contributed by atoms with Crippen LogP contribution in [0.4, 0.5) is 13.2 Å². The Balaban J connectivity index is 1.53. The number of aliphatic hydroxyl groups is 1. The summed E-state index contributed by atoms with van der Waals surface area (Å²) in [6.45, 7) is 1.20. The summed E-state index contributed by atoms with van der Waals surface area (Å²) in [5, 5.41) is 14.3. The van der Waals surface area contributed by atoms with Gasteiger partial charge in [-0.3, -0.25) is 9.78 Å². The Morgan fingerprint density at radius 1 is 1.17 bits per heavy atom. The fraction of sp³-hybridized carbons (Fsp3) is 0.391. The number of aromatic nitrogens is 7. The van der Waals surface area contributed by atoms with E-state index in [9.17, 15) is 23.1 Å². The lowest BCUT2D eigenvalue weighted by molar-refractivity contribution is -0.141. The van der Waals surface area contributed by atoms with E-state index in [1.807, 2.05) is 0 Å². The zero-order valence-electron chi connectivity index (χ0n) is 19.3. The highest BCUT2D eigenvalue weighted by Crippen LogP contribution is 2.46. The smallest absolute Gasteiger partial charge is 0.433 e. The molecule has 4 aromatic heterocycles. The molecule has 13 heteroatoms. The lowest BCUT2D eigenvalue weighted by atomic mass is 9.72. The van der Waals surface area contributed by atoms with Gasteiger partial charge >= 0.3 is 6.18 Å². The average molecular weight is 501 g/mol.